The van der Waals surface area contributed by atoms with Crippen molar-refractivity contribution in [2.24, 2.45) is 0 Å². The number of nitrogens with two attached hydrogens (primary N) is 1. The van der Waals surface area contributed by atoms with Crippen molar-refractivity contribution in [3.8, 4) is 22.6 Å². The van der Waals surface area contributed by atoms with Gasteiger partial charge in [0.2, 0.25) is 5.88 Å². The summed E-state index contributed by atoms with van der Waals surface area (Å²) in [4.78, 5) is 2.19. The normalized spacial score (nSPS) is 15.9. The number of para-hydroxylation sites is 1. The highest BCUT2D eigenvalue weighted by molar-refractivity contribution is 5.79. The van der Waals surface area contributed by atoms with Gasteiger partial charge in [-0.3, -0.25) is 4.90 Å². The molecule has 20 heavy (non-hydrogen) atoms. The van der Waals surface area contributed by atoms with Crippen LogP contribution in [0.2, 0.25) is 0 Å². The smallest absolute Gasteiger partial charge is 0.230 e. The lowest BCUT2D eigenvalue weighted by Gasteiger charge is -2.36. The van der Waals surface area contributed by atoms with Crippen LogP contribution in [-0.4, -0.2) is 43.4 Å². The maximum Gasteiger partial charge on any atom is 0.230 e. The van der Waals surface area contributed by atoms with E-state index >= 15 is 0 Å². The van der Waals surface area contributed by atoms with E-state index in [-0.39, 0.29) is 12.0 Å². The van der Waals surface area contributed by atoms with Gasteiger partial charge in [-0.1, -0.05) is 17.3 Å². The third-order valence-electron chi connectivity index (χ3n) is 3.40. The van der Waals surface area contributed by atoms with Crippen molar-refractivity contribution in [2.75, 3.05) is 33.0 Å². The number of aromatic nitrogens is 1. The van der Waals surface area contributed by atoms with Gasteiger partial charge in [-0.05, 0) is 13.1 Å². The van der Waals surface area contributed by atoms with Crippen molar-refractivity contribution < 1.29 is 14.0 Å². The van der Waals surface area contributed by atoms with Crippen molar-refractivity contribution in [1.29, 1.82) is 0 Å². The molecule has 1 saturated heterocycles. The van der Waals surface area contributed by atoms with Crippen molar-refractivity contribution >= 4 is 5.88 Å². The molecule has 3 rings (SSSR count). The van der Waals surface area contributed by atoms with Gasteiger partial charge in [0, 0.05) is 18.7 Å². The highest BCUT2D eigenvalue weighted by Gasteiger charge is 2.28. The van der Waals surface area contributed by atoms with E-state index in [0.717, 1.165) is 18.7 Å². The van der Waals surface area contributed by atoms with Crippen LogP contribution in [0.4, 0.5) is 5.88 Å². The predicted octanol–water partition coefficient (Wildman–Crippen LogP) is 1.63. The summed E-state index contributed by atoms with van der Waals surface area (Å²) in [6, 6.07) is 5.68. The average molecular weight is 275 g/mol. The zero-order valence-corrected chi connectivity index (χ0v) is 11.5. The molecule has 1 aromatic carbocycles. The number of methoxy groups -OCH3 is 1. The largest absolute Gasteiger partial charge is 0.493 e. The lowest BCUT2D eigenvalue weighted by molar-refractivity contribution is 0.0374. The first-order valence-electron chi connectivity index (χ1n) is 6.41. The Kier molecular flexibility index (Phi) is 3.23. The second-order valence-electron chi connectivity index (χ2n) is 4.90. The van der Waals surface area contributed by atoms with Crippen LogP contribution in [0.5, 0.6) is 11.5 Å². The zero-order valence-electron chi connectivity index (χ0n) is 11.5. The van der Waals surface area contributed by atoms with Gasteiger partial charge in [-0.15, -0.1) is 0 Å². The SMILES string of the molecule is COc1cccc(-c2cnoc2N)c1OC1CN(C)C1. The molecule has 0 saturated carbocycles. The molecule has 106 valence electrons. The van der Waals surface area contributed by atoms with Gasteiger partial charge in [0.05, 0.1) is 18.9 Å². The van der Waals surface area contributed by atoms with Gasteiger partial charge in [-0.25, -0.2) is 0 Å². The molecule has 2 heterocycles. The molecule has 1 fully saturated rings. The van der Waals surface area contributed by atoms with Crippen LogP contribution in [-0.2, 0) is 0 Å². The molecule has 0 unspecified atom stereocenters. The molecule has 0 radical (unpaired) electrons. The van der Waals surface area contributed by atoms with Crippen LogP contribution in [0.3, 0.4) is 0 Å². The van der Waals surface area contributed by atoms with Crippen LogP contribution in [0.25, 0.3) is 11.1 Å². The number of nitrogen functional groups attached to an aromatic ring is 1. The Morgan fingerprint density at radius 3 is 2.75 bits per heavy atom. The summed E-state index contributed by atoms with van der Waals surface area (Å²) in [5, 5.41) is 3.72. The van der Waals surface area contributed by atoms with E-state index in [1.807, 2.05) is 18.2 Å². The molecule has 0 bridgehead atoms. The number of likely N-dealkylation sites (tertiary alicyclic amines) is 1. The van der Waals surface area contributed by atoms with E-state index in [1.54, 1.807) is 13.3 Å². The number of nitrogens with zero attached hydrogens (tertiary/aromatic N) is 2. The Morgan fingerprint density at radius 1 is 1.35 bits per heavy atom. The fourth-order valence-corrected chi connectivity index (χ4v) is 2.34. The van der Waals surface area contributed by atoms with Crippen LogP contribution >= 0.6 is 0 Å². The summed E-state index contributed by atoms with van der Waals surface area (Å²) in [5.41, 5.74) is 7.34. The van der Waals surface area contributed by atoms with Gasteiger partial charge >= 0.3 is 0 Å². The Labute approximate surface area is 117 Å². The molecule has 0 spiro atoms. The molecule has 1 aliphatic rings. The van der Waals surface area contributed by atoms with Crippen molar-refractivity contribution in [3.05, 3.63) is 24.4 Å². The van der Waals surface area contributed by atoms with Gasteiger partial charge in [-0.2, -0.15) is 0 Å². The third kappa shape index (κ3) is 2.18. The van der Waals surface area contributed by atoms with E-state index in [1.165, 1.54) is 0 Å². The number of hydrogen-bond donors (Lipinski definition) is 1. The van der Waals surface area contributed by atoms with Crippen molar-refractivity contribution in [3.63, 3.8) is 0 Å². The number of ether oxygens (including phenoxy) is 2. The molecular weight excluding hydrogens is 258 g/mol. The monoisotopic (exact) mass is 275 g/mol. The number of benzene rings is 1. The van der Waals surface area contributed by atoms with E-state index < -0.39 is 0 Å². The second kappa shape index (κ2) is 5.05. The molecule has 6 heteroatoms. The van der Waals surface area contributed by atoms with E-state index in [9.17, 15) is 0 Å². The van der Waals surface area contributed by atoms with Crippen LogP contribution < -0.4 is 15.2 Å². The standard InChI is InChI=1S/C14H17N3O3/c1-17-7-9(8-17)19-13-10(4-3-5-12(13)18-2)11-6-16-20-14(11)15/h3-6,9H,7-8,15H2,1-2H3. The first-order chi connectivity index (χ1) is 9.69. The van der Waals surface area contributed by atoms with E-state index in [0.29, 0.717) is 17.1 Å². The van der Waals surface area contributed by atoms with Crippen molar-refractivity contribution in [1.82, 2.24) is 10.1 Å². The molecule has 0 atom stereocenters. The maximum absolute atomic E-state index is 6.06. The second-order valence-corrected chi connectivity index (χ2v) is 4.90. The van der Waals surface area contributed by atoms with Gasteiger partial charge in [0.25, 0.3) is 0 Å². The molecule has 2 N–H and O–H groups in total. The zero-order chi connectivity index (χ0) is 14.1. The molecular formula is C14H17N3O3. The fourth-order valence-electron chi connectivity index (χ4n) is 2.34. The summed E-state index contributed by atoms with van der Waals surface area (Å²) in [5.74, 6) is 1.63. The molecule has 0 amide bonds. The lowest BCUT2D eigenvalue weighted by Crippen LogP contribution is -2.51. The Balaban J connectivity index is 1.98. The van der Waals surface area contributed by atoms with Gasteiger partial charge < -0.3 is 19.7 Å². The van der Waals surface area contributed by atoms with Crippen LogP contribution in [0.1, 0.15) is 0 Å². The highest BCUT2D eigenvalue weighted by Crippen LogP contribution is 2.41. The van der Waals surface area contributed by atoms with E-state index in [2.05, 4.69) is 17.1 Å². The minimum absolute atomic E-state index is 0.163. The quantitative estimate of drug-likeness (QED) is 0.914. The molecule has 2 aromatic rings. The maximum atomic E-state index is 6.06. The van der Waals surface area contributed by atoms with Gasteiger partial charge in [0.15, 0.2) is 11.5 Å². The predicted molar refractivity (Wildman–Crippen MR) is 74.8 cm³/mol. The van der Waals surface area contributed by atoms with Gasteiger partial charge in [0.1, 0.15) is 6.10 Å². The summed E-state index contributed by atoms with van der Waals surface area (Å²) in [6.07, 6.45) is 1.75. The minimum atomic E-state index is 0.163. The third-order valence-corrected chi connectivity index (χ3v) is 3.40. The molecule has 1 aliphatic heterocycles. The molecule has 6 nitrogen and oxygen atoms in total. The summed E-state index contributed by atoms with van der Waals surface area (Å²) < 4.78 is 16.4. The highest BCUT2D eigenvalue weighted by atomic mass is 16.5. The number of anilines is 1. The Hall–Kier alpha value is -2.21. The summed E-state index contributed by atoms with van der Waals surface area (Å²) in [7, 11) is 3.68. The average Bonchev–Trinajstić information content (AvgIpc) is 2.83. The summed E-state index contributed by atoms with van der Waals surface area (Å²) in [6.45, 7) is 1.80. The first kappa shape index (κ1) is 12.8. The van der Waals surface area contributed by atoms with Crippen molar-refractivity contribution in [2.45, 2.75) is 6.10 Å². The van der Waals surface area contributed by atoms with E-state index in [4.69, 9.17) is 19.7 Å². The minimum Gasteiger partial charge on any atom is -0.493 e. The molecule has 0 aliphatic carbocycles. The number of rotatable bonds is 4. The topological polar surface area (TPSA) is 73.8 Å². The first-order valence-corrected chi connectivity index (χ1v) is 6.41. The molecule has 1 aromatic heterocycles. The Morgan fingerprint density at radius 2 is 2.15 bits per heavy atom. The Bertz CT molecular complexity index is 605. The van der Waals surface area contributed by atoms with Crippen LogP contribution in [0, 0.1) is 0 Å². The fraction of sp³-hybridized carbons (Fsp3) is 0.357. The van der Waals surface area contributed by atoms with Crippen LogP contribution in [0.15, 0.2) is 28.9 Å². The lowest BCUT2D eigenvalue weighted by atomic mass is 10.1. The summed E-state index contributed by atoms with van der Waals surface area (Å²) >= 11 is 0. The number of likely N-dealkylation sites (N-methyl/N-ethyl adjacent to an activating group) is 1. The number of hydrogen-bond acceptors (Lipinski definition) is 6.